The van der Waals surface area contributed by atoms with Crippen molar-refractivity contribution < 1.29 is 15.0 Å². The lowest BCUT2D eigenvalue weighted by molar-refractivity contribution is -0.139. The number of aliphatic carboxylic acids is 1. The molecule has 0 aliphatic heterocycles. The number of rotatable bonds is 4. The molecule has 0 aromatic heterocycles. The molecule has 4 nitrogen and oxygen atoms in total. The van der Waals surface area contributed by atoms with Crippen LogP contribution in [0.15, 0.2) is 24.3 Å². The van der Waals surface area contributed by atoms with Crippen LogP contribution in [0, 0.1) is 12.0 Å². The Morgan fingerprint density at radius 1 is 1.44 bits per heavy atom. The van der Waals surface area contributed by atoms with Crippen molar-refractivity contribution in [2.24, 2.45) is 0 Å². The topological polar surface area (TPSA) is 69.6 Å². The SMILES string of the molecule is CC#CN[C@@H](Cc1ccc(O)cc1)C(=O)O. The van der Waals surface area contributed by atoms with Crippen molar-refractivity contribution in [3.05, 3.63) is 29.8 Å². The Morgan fingerprint density at radius 3 is 2.56 bits per heavy atom. The van der Waals surface area contributed by atoms with E-state index in [4.69, 9.17) is 10.2 Å². The van der Waals surface area contributed by atoms with Gasteiger partial charge < -0.3 is 15.5 Å². The lowest BCUT2D eigenvalue weighted by atomic mass is 10.1. The normalized spacial score (nSPS) is 11.1. The van der Waals surface area contributed by atoms with Gasteiger partial charge in [0.05, 0.1) is 0 Å². The van der Waals surface area contributed by atoms with Crippen molar-refractivity contribution in [1.82, 2.24) is 5.32 Å². The Balaban J connectivity index is 2.70. The van der Waals surface area contributed by atoms with Crippen molar-refractivity contribution in [1.29, 1.82) is 0 Å². The molecule has 0 aliphatic rings. The highest BCUT2D eigenvalue weighted by Crippen LogP contribution is 2.11. The highest BCUT2D eigenvalue weighted by molar-refractivity contribution is 5.74. The summed E-state index contributed by atoms with van der Waals surface area (Å²) in [6.07, 6.45) is 0.324. The Labute approximate surface area is 93.9 Å². The summed E-state index contributed by atoms with van der Waals surface area (Å²) in [5.41, 5.74) is 0.829. The van der Waals surface area contributed by atoms with E-state index in [1.54, 1.807) is 19.1 Å². The Morgan fingerprint density at radius 2 is 2.06 bits per heavy atom. The summed E-state index contributed by atoms with van der Waals surface area (Å²) in [7, 11) is 0. The number of aromatic hydroxyl groups is 1. The van der Waals surface area contributed by atoms with Crippen LogP contribution in [0.2, 0.25) is 0 Å². The van der Waals surface area contributed by atoms with Crippen molar-refractivity contribution in [3.8, 4) is 17.7 Å². The van der Waals surface area contributed by atoms with Crippen LogP contribution < -0.4 is 5.32 Å². The molecule has 0 saturated carbocycles. The van der Waals surface area contributed by atoms with Gasteiger partial charge in [-0.15, -0.1) is 0 Å². The Kier molecular flexibility index (Phi) is 4.22. The molecule has 0 aliphatic carbocycles. The molecule has 3 N–H and O–H groups in total. The third kappa shape index (κ3) is 3.54. The van der Waals surface area contributed by atoms with E-state index >= 15 is 0 Å². The average molecular weight is 219 g/mol. The monoisotopic (exact) mass is 219 g/mol. The Hall–Kier alpha value is -2.15. The van der Waals surface area contributed by atoms with Crippen LogP contribution >= 0.6 is 0 Å². The van der Waals surface area contributed by atoms with Crippen LogP contribution in [0.3, 0.4) is 0 Å². The zero-order chi connectivity index (χ0) is 12.0. The van der Waals surface area contributed by atoms with Crippen molar-refractivity contribution in [3.63, 3.8) is 0 Å². The molecule has 1 atom stereocenters. The number of carboxylic acids is 1. The molecule has 0 saturated heterocycles. The highest BCUT2D eigenvalue weighted by atomic mass is 16.4. The van der Waals surface area contributed by atoms with E-state index in [1.165, 1.54) is 12.1 Å². The standard InChI is InChI=1S/C12H13NO3/c1-2-7-13-11(12(15)16)8-9-3-5-10(14)6-4-9/h3-6,11,13-14H,8H2,1H3,(H,15,16)/t11-/m0/s1. The number of nitrogens with one attached hydrogen (secondary N) is 1. The third-order valence-electron chi connectivity index (χ3n) is 2.05. The molecule has 1 aromatic rings. The minimum atomic E-state index is -0.948. The lowest BCUT2D eigenvalue weighted by Gasteiger charge is -2.10. The quantitative estimate of drug-likeness (QED) is 0.521. The van der Waals surface area contributed by atoms with Gasteiger partial charge in [0.25, 0.3) is 0 Å². The fraction of sp³-hybridized carbons (Fsp3) is 0.250. The van der Waals surface area contributed by atoms with E-state index in [0.29, 0.717) is 6.42 Å². The summed E-state index contributed by atoms with van der Waals surface area (Å²) in [6, 6.07) is 8.22. The van der Waals surface area contributed by atoms with Gasteiger partial charge in [-0.2, -0.15) is 0 Å². The number of carbonyl (C=O) groups is 1. The molecule has 1 aromatic carbocycles. The maximum Gasteiger partial charge on any atom is 0.327 e. The summed E-state index contributed by atoms with van der Waals surface area (Å²) < 4.78 is 0. The average Bonchev–Trinajstić information content (AvgIpc) is 2.26. The summed E-state index contributed by atoms with van der Waals surface area (Å²) in [4.78, 5) is 10.9. The molecule has 0 unspecified atom stereocenters. The zero-order valence-electron chi connectivity index (χ0n) is 8.90. The molecule has 0 fully saturated rings. The van der Waals surface area contributed by atoms with Crippen molar-refractivity contribution >= 4 is 5.97 Å². The van der Waals surface area contributed by atoms with E-state index in [0.717, 1.165) is 5.56 Å². The van der Waals surface area contributed by atoms with E-state index < -0.39 is 12.0 Å². The first-order valence-electron chi connectivity index (χ1n) is 4.81. The number of carboxylic acid groups (broad SMARTS) is 1. The summed E-state index contributed by atoms with van der Waals surface area (Å²) in [5, 5.41) is 20.6. The van der Waals surface area contributed by atoms with Crippen LogP contribution in [-0.2, 0) is 11.2 Å². The summed E-state index contributed by atoms with van der Waals surface area (Å²) in [5.74, 6) is 1.80. The van der Waals surface area contributed by atoms with Gasteiger partial charge in [0.1, 0.15) is 11.8 Å². The minimum Gasteiger partial charge on any atom is -0.508 e. The molecular formula is C12H13NO3. The third-order valence-corrected chi connectivity index (χ3v) is 2.05. The predicted octanol–water partition coefficient (Wildman–Crippen LogP) is 0.958. The van der Waals surface area contributed by atoms with Gasteiger partial charge in [0, 0.05) is 12.5 Å². The number of hydrogen-bond donors (Lipinski definition) is 3. The van der Waals surface area contributed by atoms with Crippen molar-refractivity contribution in [2.75, 3.05) is 0 Å². The van der Waals surface area contributed by atoms with E-state index in [-0.39, 0.29) is 5.75 Å². The molecule has 84 valence electrons. The summed E-state index contributed by atoms with van der Waals surface area (Å²) >= 11 is 0. The van der Waals surface area contributed by atoms with Gasteiger partial charge in [-0.25, -0.2) is 4.79 Å². The van der Waals surface area contributed by atoms with Crippen LogP contribution in [0.5, 0.6) is 5.75 Å². The summed E-state index contributed by atoms with van der Waals surface area (Å²) in [6.45, 7) is 1.63. The fourth-order valence-corrected chi connectivity index (χ4v) is 1.23. The maximum absolute atomic E-state index is 10.9. The van der Waals surface area contributed by atoms with Crippen LogP contribution in [0.4, 0.5) is 0 Å². The number of benzene rings is 1. The Bertz CT molecular complexity index is 414. The highest BCUT2D eigenvalue weighted by Gasteiger charge is 2.16. The van der Waals surface area contributed by atoms with E-state index in [2.05, 4.69) is 17.3 Å². The van der Waals surface area contributed by atoms with Crippen LogP contribution in [0.1, 0.15) is 12.5 Å². The first kappa shape index (κ1) is 11.9. The van der Waals surface area contributed by atoms with Crippen LogP contribution in [-0.4, -0.2) is 22.2 Å². The number of hydrogen-bond acceptors (Lipinski definition) is 3. The molecular weight excluding hydrogens is 206 g/mol. The number of phenolic OH excluding ortho intramolecular Hbond substituents is 1. The van der Waals surface area contributed by atoms with E-state index in [9.17, 15) is 4.79 Å². The predicted molar refractivity (Wildman–Crippen MR) is 59.8 cm³/mol. The molecule has 0 amide bonds. The first-order valence-corrected chi connectivity index (χ1v) is 4.81. The molecule has 4 heteroatoms. The molecule has 0 radical (unpaired) electrons. The minimum absolute atomic E-state index is 0.164. The maximum atomic E-state index is 10.9. The van der Waals surface area contributed by atoms with Gasteiger partial charge in [-0.1, -0.05) is 18.1 Å². The number of phenols is 1. The van der Waals surface area contributed by atoms with Gasteiger partial charge in [0.15, 0.2) is 0 Å². The smallest absolute Gasteiger partial charge is 0.327 e. The molecule has 1 rings (SSSR count). The van der Waals surface area contributed by atoms with Gasteiger partial charge in [-0.05, 0) is 24.6 Å². The fourth-order valence-electron chi connectivity index (χ4n) is 1.23. The molecule has 0 bridgehead atoms. The van der Waals surface area contributed by atoms with E-state index in [1.807, 2.05) is 0 Å². The second-order valence-corrected chi connectivity index (χ2v) is 3.28. The largest absolute Gasteiger partial charge is 0.508 e. The second kappa shape index (κ2) is 5.66. The van der Waals surface area contributed by atoms with Crippen LogP contribution in [0.25, 0.3) is 0 Å². The molecule has 0 heterocycles. The van der Waals surface area contributed by atoms with Crippen molar-refractivity contribution in [2.45, 2.75) is 19.4 Å². The molecule has 0 spiro atoms. The first-order chi connectivity index (χ1) is 7.63. The van der Waals surface area contributed by atoms with Gasteiger partial charge in [-0.3, -0.25) is 0 Å². The second-order valence-electron chi connectivity index (χ2n) is 3.28. The van der Waals surface area contributed by atoms with Gasteiger partial charge in [0.2, 0.25) is 0 Å². The lowest BCUT2D eigenvalue weighted by Crippen LogP contribution is -2.35. The molecule has 16 heavy (non-hydrogen) atoms. The van der Waals surface area contributed by atoms with Gasteiger partial charge >= 0.3 is 5.97 Å². The zero-order valence-corrected chi connectivity index (χ0v) is 8.90.